The van der Waals surface area contributed by atoms with E-state index >= 15 is 0 Å². The van der Waals surface area contributed by atoms with Crippen molar-refractivity contribution in [2.24, 2.45) is 0 Å². The fraction of sp³-hybridized carbons (Fsp3) is 0.250. The zero-order valence-corrected chi connectivity index (χ0v) is 15.6. The first-order valence-electron chi connectivity index (χ1n) is 8.39. The summed E-state index contributed by atoms with van der Waals surface area (Å²) in [5.41, 5.74) is 2.68. The van der Waals surface area contributed by atoms with Gasteiger partial charge in [-0.15, -0.1) is 0 Å². The molecule has 0 fully saturated rings. The Morgan fingerprint density at radius 3 is 2.69 bits per heavy atom. The number of rotatable bonds is 4. The third-order valence-electron chi connectivity index (χ3n) is 4.29. The van der Waals surface area contributed by atoms with Gasteiger partial charge in [-0.2, -0.15) is 0 Å². The Kier molecular flexibility index (Phi) is 5.09. The number of carbonyl (C=O) groups excluding carboxylic acids is 1. The van der Waals surface area contributed by atoms with E-state index in [1.54, 1.807) is 42.7 Å². The summed E-state index contributed by atoms with van der Waals surface area (Å²) < 4.78 is 7.18. The van der Waals surface area contributed by atoms with Crippen LogP contribution in [0.2, 0.25) is 5.02 Å². The molecule has 1 heterocycles. The second-order valence-corrected chi connectivity index (χ2v) is 6.43. The number of aryl methyl sites for hydroxylation is 2. The predicted octanol–water partition coefficient (Wildman–Crippen LogP) is 4.30. The minimum atomic E-state index is -0.480. The third kappa shape index (κ3) is 3.35. The van der Waals surface area contributed by atoms with Gasteiger partial charge < -0.3 is 9.30 Å². The van der Waals surface area contributed by atoms with Crippen molar-refractivity contribution in [3.05, 3.63) is 74.7 Å². The molecule has 26 heavy (non-hydrogen) atoms. The monoisotopic (exact) mass is 370 g/mol. The van der Waals surface area contributed by atoms with Crippen LogP contribution in [0.3, 0.4) is 0 Å². The number of nitrogens with zero attached hydrogens (tertiary/aromatic N) is 2. The molecule has 2 aromatic carbocycles. The van der Waals surface area contributed by atoms with Crippen LogP contribution in [0.25, 0.3) is 11.0 Å². The number of esters is 1. The average Bonchev–Trinajstić information content (AvgIpc) is 2.62. The maximum atomic E-state index is 12.5. The van der Waals surface area contributed by atoms with E-state index in [9.17, 15) is 9.59 Å². The van der Waals surface area contributed by atoms with E-state index in [-0.39, 0.29) is 5.56 Å². The first kappa shape index (κ1) is 18.1. The van der Waals surface area contributed by atoms with Crippen molar-refractivity contribution in [2.45, 2.75) is 33.4 Å². The lowest BCUT2D eigenvalue weighted by Gasteiger charge is -2.15. The Morgan fingerprint density at radius 2 is 2.00 bits per heavy atom. The van der Waals surface area contributed by atoms with E-state index in [4.69, 9.17) is 16.3 Å². The van der Waals surface area contributed by atoms with Crippen molar-refractivity contribution in [3.63, 3.8) is 0 Å². The van der Waals surface area contributed by atoms with Gasteiger partial charge in [0, 0.05) is 17.1 Å². The molecular weight excluding hydrogens is 352 g/mol. The SMILES string of the molecule is CCn1c(=O)c(C)nc2cc(C(=O)O[C@H](C)c3ccccc3Cl)ccc21. The standard InChI is InChI=1S/C20H19ClN2O3/c1-4-23-18-10-9-14(11-17(18)22-12(2)19(23)24)20(25)26-13(3)15-7-5-6-8-16(15)21/h5-11,13H,4H2,1-3H3/t13-/m1/s1. The van der Waals surface area contributed by atoms with Crippen LogP contribution < -0.4 is 5.56 Å². The number of hydrogen-bond donors (Lipinski definition) is 0. The van der Waals surface area contributed by atoms with Crippen LogP contribution >= 0.6 is 11.6 Å². The quantitative estimate of drug-likeness (QED) is 0.642. The average molecular weight is 371 g/mol. The zero-order chi connectivity index (χ0) is 18.8. The van der Waals surface area contributed by atoms with Crippen molar-refractivity contribution in [1.29, 1.82) is 0 Å². The number of carbonyl (C=O) groups is 1. The lowest BCUT2D eigenvalue weighted by atomic mass is 10.1. The molecule has 5 nitrogen and oxygen atoms in total. The molecule has 0 amide bonds. The number of aromatic nitrogens is 2. The summed E-state index contributed by atoms with van der Waals surface area (Å²) in [6, 6.07) is 12.3. The van der Waals surface area contributed by atoms with Crippen LogP contribution in [0.5, 0.6) is 0 Å². The van der Waals surface area contributed by atoms with Crippen LogP contribution in [-0.2, 0) is 11.3 Å². The van der Waals surface area contributed by atoms with Crippen molar-refractivity contribution >= 4 is 28.6 Å². The van der Waals surface area contributed by atoms with E-state index in [0.717, 1.165) is 5.56 Å². The second kappa shape index (κ2) is 7.30. The number of fused-ring (bicyclic) bond motifs is 1. The van der Waals surface area contributed by atoms with Crippen LogP contribution in [0.4, 0.5) is 0 Å². The molecule has 1 aromatic heterocycles. The van der Waals surface area contributed by atoms with Gasteiger partial charge >= 0.3 is 5.97 Å². The van der Waals surface area contributed by atoms with Crippen molar-refractivity contribution in [2.75, 3.05) is 0 Å². The zero-order valence-electron chi connectivity index (χ0n) is 14.8. The van der Waals surface area contributed by atoms with Gasteiger partial charge in [0.1, 0.15) is 11.8 Å². The lowest BCUT2D eigenvalue weighted by Crippen LogP contribution is -2.23. The Bertz CT molecular complexity index is 1040. The summed E-state index contributed by atoms with van der Waals surface area (Å²) in [7, 11) is 0. The number of hydrogen-bond acceptors (Lipinski definition) is 4. The Labute approximate surface area is 156 Å². The summed E-state index contributed by atoms with van der Waals surface area (Å²) in [5, 5.41) is 0.551. The highest BCUT2D eigenvalue weighted by Crippen LogP contribution is 2.26. The van der Waals surface area contributed by atoms with Gasteiger partial charge in [0.15, 0.2) is 0 Å². The van der Waals surface area contributed by atoms with E-state index in [0.29, 0.717) is 33.9 Å². The van der Waals surface area contributed by atoms with Crippen molar-refractivity contribution in [3.8, 4) is 0 Å². The van der Waals surface area contributed by atoms with Gasteiger partial charge in [0.05, 0.1) is 16.6 Å². The number of halogens is 1. The molecule has 0 spiro atoms. The molecule has 1 atom stereocenters. The molecule has 0 radical (unpaired) electrons. The first-order chi connectivity index (χ1) is 12.4. The molecule has 0 saturated heterocycles. The molecule has 0 aliphatic rings. The van der Waals surface area contributed by atoms with Crippen molar-refractivity contribution in [1.82, 2.24) is 9.55 Å². The molecule has 0 saturated carbocycles. The van der Waals surface area contributed by atoms with Crippen LogP contribution in [0, 0.1) is 6.92 Å². The molecule has 0 bridgehead atoms. The van der Waals surface area contributed by atoms with Gasteiger partial charge in [-0.1, -0.05) is 29.8 Å². The van der Waals surface area contributed by atoms with Gasteiger partial charge in [-0.25, -0.2) is 9.78 Å². The molecule has 3 rings (SSSR count). The van der Waals surface area contributed by atoms with E-state index in [1.165, 1.54) is 0 Å². The Balaban J connectivity index is 1.93. The van der Waals surface area contributed by atoms with E-state index in [2.05, 4.69) is 4.98 Å². The fourth-order valence-electron chi connectivity index (χ4n) is 2.91. The summed E-state index contributed by atoms with van der Waals surface area (Å²) in [5.74, 6) is -0.465. The summed E-state index contributed by atoms with van der Waals surface area (Å²) in [4.78, 5) is 29.0. The van der Waals surface area contributed by atoms with Crippen LogP contribution in [0.1, 0.15) is 41.6 Å². The highest BCUT2D eigenvalue weighted by Gasteiger charge is 2.17. The predicted molar refractivity (Wildman–Crippen MR) is 102 cm³/mol. The van der Waals surface area contributed by atoms with Gasteiger partial charge in [0.2, 0.25) is 0 Å². The normalized spacial score (nSPS) is 12.2. The highest BCUT2D eigenvalue weighted by atomic mass is 35.5. The minimum Gasteiger partial charge on any atom is -0.454 e. The summed E-state index contributed by atoms with van der Waals surface area (Å²) in [6.45, 7) is 5.87. The van der Waals surface area contributed by atoms with Crippen LogP contribution in [0.15, 0.2) is 47.3 Å². The van der Waals surface area contributed by atoms with Gasteiger partial charge in [-0.05, 0) is 45.0 Å². The van der Waals surface area contributed by atoms with Crippen molar-refractivity contribution < 1.29 is 9.53 Å². The molecule has 0 aliphatic carbocycles. The molecule has 134 valence electrons. The van der Waals surface area contributed by atoms with Gasteiger partial charge in [-0.3, -0.25) is 4.79 Å². The Morgan fingerprint density at radius 1 is 1.27 bits per heavy atom. The minimum absolute atomic E-state index is 0.123. The maximum absolute atomic E-state index is 12.5. The molecule has 3 aromatic rings. The van der Waals surface area contributed by atoms with Crippen LogP contribution in [-0.4, -0.2) is 15.5 Å². The molecule has 0 N–H and O–H groups in total. The second-order valence-electron chi connectivity index (χ2n) is 6.02. The lowest BCUT2D eigenvalue weighted by molar-refractivity contribution is 0.0338. The number of benzene rings is 2. The molecule has 0 unspecified atom stereocenters. The molecule has 6 heteroatoms. The molecule has 0 aliphatic heterocycles. The molecular formula is C20H19ClN2O3. The first-order valence-corrected chi connectivity index (χ1v) is 8.76. The third-order valence-corrected chi connectivity index (χ3v) is 4.63. The smallest absolute Gasteiger partial charge is 0.338 e. The topological polar surface area (TPSA) is 61.2 Å². The van der Waals surface area contributed by atoms with Gasteiger partial charge in [0.25, 0.3) is 5.56 Å². The summed E-state index contributed by atoms with van der Waals surface area (Å²) in [6.07, 6.45) is -0.480. The number of ether oxygens (including phenoxy) is 1. The largest absolute Gasteiger partial charge is 0.454 e. The maximum Gasteiger partial charge on any atom is 0.338 e. The summed E-state index contributed by atoms with van der Waals surface area (Å²) >= 11 is 6.16. The van der Waals surface area contributed by atoms with E-state index in [1.807, 2.05) is 25.1 Å². The fourth-order valence-corrected chi connectivity index (χ4v) is 3.20. The Hall–Kier alpha value is -2.66. The highest BCUT2D eigenvalue weighted by molar-refractivity contribution is 6.31. The van der Waals surface area contributed by atoms with E-state index < -0.39 is 12.1 Å².